The van der Waals surface area contributed by atoms with Gasteiger partial charge in [0.1, 0.15) is 5.41 Å². The SMILES string of the molecule is CC(C)NCCCC(=O)NC1COCC1(C)C(=O)O. The van der Waals surface area contributed by atoms with E-state index in [1.165, 1.54) is 0 Å². The number of carboxylic acid groups (broad SMARTS) is 1. The number of nitrogens with one attached hydrogen (secondary N) is 2. The first-order valence-electron chi connectivity index (χ1n) is 6.70. The van der Waals surface area contributed by atoms with Gasteiger partial charge in [-0.25, -0.2) is 0 Å². The average Bonchev–Trinajstić information content (AvgIpc) is 2.68. The lowest BCUT2D eigenvalue weighted by molar-refractivity contribution is -0.149. The normalized spacial score (nSPS) is 26.6. The highest BCUT2D eigenvalue weighted by Crippen LogP contribution is 2.28. The Balaban J connectivity index is 2.34. The molecular formula is C13H24N2O4. The Bertz CT molecular complexity index is 333. The molecule has 110 valence electrons. The average molecular weight is 272 g/mol. The highest BCUT2D eigenvalue weighted by molar-refractivity contribution is 5.80. The van der Waals surface area contributed by atoms with Crippen molar-refractivity contribution in [3.63, 3.8) is 0 Å². The molecule has 1 aliphatic heterocycles. The molecule has 0 bridgehead atoms. The second kappa shape index (κ2) is 6.86. The number of ether oxygens (including phenoxy) is 1. The second-order valence-electron chi connectivity index (χ2n) is 5.57. The van der Waals surface area contributed by atoms with Gasteiger partial charge < -0.3 is 20.5 Å². The molecule has 1 fully saturated rings. The summed E-state index contributed by atoms with van der Waals surface area (Å²) >= 11 is 0. The predicted octanol–water partition coefficient (Wildman–Crippen LogP) is 0.371. The summed E-state index contributed by atoms with van der Waals surface area (Å²) < 4.78 is 5.18. The van der Waals surface area contributed by atoms with Crippen LogP contribution in [-0.4, -0.2) is 48.8 Å². The van der Waals surface area contributed by atoms with Crippen LogP contribution >= 0.6 is 0 Å². The number of amides is 1. The highest BCUT2D eigenvalue weighted by atomic mass is 16.5. The van der Waals surface area contributed by atoms with Crippen molar-refractivity contribution in [1.82, 2.24) is 10.6 Å². The summed E-state index contributed by atoms with van der Waals surface area (Å²) in [6.45, 7) is 6.89. The first-order valence-corrected chi connectivity index (χ1v) is 6.70. The molecule has 6 heteroatoms. The molecule has 3 N–H and O–H groups in total. The second-order valence-corrected chi connectivity index (χ2v) is 5.57. The maximum atomic E-state index is 11.8. The fraction of sp³-hybridized carbons (Fsp3) is 0.846. The summed E-state index contributed by atoms with van der Waals surface area (Å²) in [7, 11) is 0. The van der Waals surface area contributed by atoms with Gasteiger partial charge in [0, 0.05) is 12.5 Å². The molecule has 2 atom stereocenters. The van der Waals surface area contributed by atoms with Gasteiger partial charge in [0.25, 0.3) is 0 Å². The fourth-order valence-electron chi connectivity index (χ4n) is 1.99. The Morgan fingerprint density at radius 1 is 1.47 bits per heavy atom. The van der Waals surface area contributed by atoms with Crippen molar-refractivity contribution < 1.29 is 19.4 Å². The van der Waals surface area contributed by atoms with E-state index in [-0.39, 0.29) is 19.1 Å². The van der Waals surface area contributed by atoms with Crippen LogP contribution in [0.2, 0.25) is 0 Å². The third kappa shape index (κ3) is 4.47. The van der Waals surface area contributed by atoms with Crippen LogP contribution in [0.3, 0.4) is 0 Å². The molecule has 0 aromatic heterocycles. The van der Waals surface area contributed by atoms with Crippen molar-refractivity contribution >= 4 is 11.9 Å². The number of carbonyl (C=O) groups excluding carboxylic acids is 1. The molecule has 0 spiro atoms. The van der Waals surface area contributed by atoms with Gasteiger partial charge in [0.15, 0.2) is 0 Å². The molecule has 0 saturated carbocycles. The molecule has 0 aromatic carbocycles. The van der Waals surface area contributed by atoms with Crippen LogP contribution < -0.4 is 10.6 Å². The largest absolute Gasteiger partial charge is 0.481 e. The van der Waals surface area contributed by atoms with E-state index in [0.29, 0.717) is 12.5 Å². The molecule has 0 radical (unpaired) electrons. The Kier molecular flexibility index (Phi) is 5.75. The lowest BCUT2D eigenvalue weighted by atomic mass is 9.85. The van der Waals surface area contributed by atoms with E-state index in [1.807, 2.05) is 13.8 Å². The monoisotopic (exact) mass is 272 g/mol. The summed E-state index contributed by atoms with van der Waals surface area (Å²) in [4.78, 5) is 23.0. The zero-order valence-corrected chi connectivity index (χ0v) is 11.9. The lowest BCUT2D eigenvalue weighted by Crippen LogP contribution is -2.49. The van der Waals surface area contributed by atoms with Gasteiger partial charge in [-0.3, -0.25) is 9.59 Å². The van der Waals surface area contributed by atoms with Crippen molar-refractivity contribution in [2.45, 2.75) is 45.7 Å². The molecule has 6 nitrogen and oxygen atoms in total. The number of hydrogen-bond acceptors (Lipinski definition) is 4. The smallest absolute Gasteiger partial charge is 0.313 e. The maximum absolute atomic E-state index is 11.8. The number of aliphatic carboxylic acids is 1. The Morgan fingerprint density at radius 3 is 2.74 bits per heavy atom. The van der Waals surface area contributed by atoms with Crippen LogP contribution in [0.4, 0.5) is 0 Å². The standard InChI is InChI=1S/C13H24N2O4/c1-9(2)14-6-4-5-11(16)15-10-7-19-8-13(10,3)12(17)18/h9-10,14H,4-8H2,1-3H3,(H,15,16)(H,17,18). The molecule has 1 heterocycles. The first kappa shape index (κ1) is 15.9. The first-order chi connectivity index (χ1) is 8.86. The van der Waals surface area contributed by atoms with Gasteiger partial charge in [-0.1, -0.05) is 13.8 Å². The predicted molar refractivity (Wildman–Crippen MR) is 70.9 cm³/mol. The minimum absolute atomic E-state index is 0.117. The van der Waals surface area contributed by atoms with Crippen molar-refractivity contribution in [3.8, 4) is 0 Å². The molecular weight excluding hydrogens is 248 g/mol. The van der Waals surface area contributed by atoms with E-state index in [2.05, 4.69) is 10.6 Å². The van der Waals surface area contributed by atoms with E-state index in [4.69, 9.17) is 4.74 Å². The molecule has 1 saturated heterocycles. The van der Waals surface area contributed by atoms with E-state index in [0.717, 1.165) is 13.0 Å². The minimum Gasteiger partial charge on any atom is -0.481 e. The quantitative estimate of drug-likeness (QED) is 0.583. The van der Waals surface area contributed by atoms with Gasteiger partial charge in [-0.2, -0.15) is 0 Å². The van der Waals surface area contributed by atoms with Gasteiger partial charge in [-0.15, -0.1) is 0 Å². The van der Waals surface area contributed by atoms with Crippen LogP contribution in [0.5, 0.6) is 0 Å². The lowest BCUT2D eigenvalue weighted by Gasteiger charge is -2.25. The molecule has 0 aromatic rings. The Hall–Kier alpha value is -1.14. The summed E-state index contributed by atoms with van der Waals surface area (Å²) in [5, 5.41) is 15.2. The topological polar surface area (TPSA) is 87.7 Å². The van der Waals surface area contributed by atoms with Crippen LogP contribution in [0.15, 0.2) is 0 Å². The van der Waals surface area contributed by atoms with E-state index in [1.54, 1.807) is 6.92 Å². The third-order valence-electron chi connectivity index (χ3n) is 3.41. The molecule has 0 aliphatic carbocycles. The molecule has 1 aliphatic rings. The third-order valence-corrected chi connectivity index (χ3v) is 3.41. The fourth-order valence-corrected chi connectivity index (χ4v) is 1.99. The summed E-state index contributed by atoms with van der Waals surface area (Å²) in [5.41, 5.74) is -1.02. The molecule has 1 rings (SSSR count). The van der Waals surface area contributed by atoms with Crippen molar-refractivity contribution in [3.05, 3.63) is 0 Å². The maximum Gasteiger partial charge on any atom is 0.313 e. The zero-order valence-electron chi connectivity index (χ0n) is 11.9. The number of hydrogen-bond donors (Lipinski definition) is 3. The van der Waals surface area contributed by atoms with Crippen LogP contribution in [0.1, 0.15) is 33.6 Å². The van der Waals surface area contributed by atoms with Crippen LogP contribution in [0, 0.1) is 5.41 Å². The molecule has 19 heavy (non-hydrogen) atoms. The van der Waals surface area contributed by atoms with Crippen molar-refractivity contribution in [2.24, 2.45) is 5.41 Å². The van der Waals surface area contributed by atoms with E-state index >= 15 is 0 Å². The van der Waals surface area contributed by atoms with Gasteiger partial charge >= 0.3 is 5.97 Å². The van der Waals surface area contributed by atoms with Crippen molar-refractivity contribution in [2.75, 3.05) is 19.8 Å². The number of rotatable bonds is 7. The summed E-state index contributed by atoms with van der Waals surface area (Å²) in [6.07, 6.45) is 1.13. The zero-order chi connectivity index (χ0) is 14.5. The van der Waals surface area contributed by atoms with Crippen LogP contribution in [0.25, 0.3) is 0 Å². The number of carboxylic acids is 1. The molecule has 2 unspecified atom stereocenters. The van der Waals surface area contributed by atoms with Crippen LogP contribution in [-0.2, 0) is 14.3 Å². The van der Waals surface area contributed by atoms with E-state index < -0.39 is 17.4 Å². The Labute approximate surface area is 113 Å². The Morgan fingerprint density at radius 2 is 2.16 bits per heavy atom. The van der Waals surface area contributed by atoms with Gasteiger partial charge in [0.05, 0.1) is 19.3 Å². The summed E-state index contributed by atoms with van der Waals surface area (Å²) in [6, 6.07) is -0.0443. The summed E-state index contributed by atoms with van der Waals surface area (Å²) in [5.74, 6) is -1.05. The van der Waals surface area contributed by atoms with Gasteiger partial charge in [0.2, 0.25) is 5.91 Å². The molecule has 1 amide bonds. The van der Waals surface area contributed by atoms with E-state index in [9.17, 15) is 14.7 Å². The number of carbonyl (C=O) groups is 2. The highest BCUT2D eigenvalue weighted by Gasteiger charge is 2.47. The van der Waals surface area contributed by atoms with Gasteiger partial charge in [-0.05, 0) is 19.9 Å². The van der Waals surface area contributed by atoms with Crippen molar-refractivity contribution in [1.29, 1.82) is 0 Å². The minimum atomic E-state index is -1.02.